The van der Waals surface area contributed by atoms with Crippen molar-refractivity contribution in [3.05, 3.63) is 58.9 Å². The van der Waals surface area contributed by atoms with Crippen LogP contribution in [-0.2, 0) is 19.6 Å². The molecule has 0 spiro atoms. The number of amides is 1. The van der Waals surface area contributed by atoms with Gasteiger partial charge < -0.3 is 14.8 Å². The number of benzene rings is 1. The van der Waals surface area contributed by atoms with Crippen LogP contribution in [0.4, 0.5) is 0 Å². The summed E-state index contributed by atoms with van der Waals surface area (Å²) in [6, 6.07) is 5.29. The van der Waals surface area contributed by atoms with Crippen molar-refractivity contribution in [2.24, 2.45) is 0 Å². The molecule has 33 heavy (non-hydrogen) atoms. The Bertz CT molecular complexity index is 1300. The average Bonchev–Trinajstić information content (AvgIpc) is 3.43. The van der Waals surface area contributed by atoms with Gasteiger partial charge in [0.15, 0.2) is 5.82 Å². The van der Waals surface area contributed by atoms with Crippen molar-refractivity contribution >= 4 is 28.4 Å². The molecule has 10 heteroatoms. The topological polar surface area (TPSA) is 93.8 Å². The third-order valence-electron chi connectivity index (χ3n) is 5.60. The van der Waals surface area contributed by atoms with Gasteiger partial charge >= 0.3 is 0 Å². The predicted molar refractivity (Wildman–Crippen MR) is 128 cm³/mol. The Morgan fingerprint density at radius 3 is 2.82 bits per heavy atom. The molecule has 1 aromatic carbocycles. The Hall–Kier alpha value is -3.30. The molecular weight excluding hydrogens is 440 g/mol. The van der Waals surface area contributed by atoms with E-state index < -0.39 is 0 Å². The number of aryl methyl sites for hydroxylation is 1. The fourth-order valence-corrected chi connectivity index (χ4v) is 3.86. The Labute approximate surface area is 197 Å². The first-order valence-electron chi connectivity index (χ1n) is 10.8. The Morgan fingerprint density at radius 2 is 2.09 bits per heavy atom. The van der Waals surface area contributed by atoms with E-state index in [2.05, 4.69) is 25.4 Å². The number of nitrogens with one attached hydrogen (secondary N) is 1. The molecule has 0 unspecified atom stereocenters. The molecule has 4 aromatic rings. The number of hydrogen-bond acceptors (Lipinski definition) is 6. The van der Waals surface area contributed by atoms with Gasteiger partial charge in [0, 0.05) is 61.1 Å². The van der Waals surface area contributed by atoms with Crippen LogP contribution in [0, 0.1) is 6.92 Å². The number of carbonyl (C=O) groups is 1. The first-order valence-corrected chi connectivity index (χ1v) is 11.2. The van der Waals surface area contributed by atoms with Gasteiger partial charge in [-0.2, -0.15) is 5.10 Å². The molecule has 0 radical (unpaired) electrons. The van der Waals surface area contributed by atoms with E-state index in [9.17, 15) is 4.79 Å². The molecule has 3 heterocycles. The van der Waals surface area contributed by atoms with Gasteiger partial charge in [-0.1, -0.05) is 11.6 Å². The van der Waals surface area contributed by atoms with E-state index in [1.165, 1.54) is 0 Å². The average molecular weight is 467 g/mol. The maximum absolute atomic E-state index is 13.5. The molecule has 3 aromatic heterocycles. The van der Waals surface area contributed by atoms with Crippen LogP contribution in [0.1, 0.15) is 28.7 Å². The number of carbonyl (C=O) groups excluding carboxylic acids is 1. The maximum atomic E-state index is 13.5. The summed E-state index contributed by atoms with van der Waals surface area (Å²) in [7, 11) is 3.66. The summed E-state index contributed by atoms with van der Waals surface area (Å²) in [5.41, 5.74) is 3.58. The molecule has 0 saturated carbocycles. The zero-order valence-electron chi connectivity index (χ0n) is 19.2. The number of nitrogens with zero attached hydrogens (tertiary/aromatic N) is 7. The maximum Gasteiger partial charge on any atom is 0.273 e. The molecule has 1 amide bonds. The first kappa shape index (κ1) is 22.9. The van der Waals surface area contributed by atoms with Crippen LogP contribution in [0.3, 0.4) is 0 Å². The molecule has 0 saturated heterocycles. The minimum absolute atomic E-state index is 0.218. The normalized spacial score (nSPS) is 11.3. The van der Waals surface area contributed by atoms with Gasteiger partial charge in [-0.05, 0) is 39.1 Å². The molecule has 9 nitrogen and oxygen atoms in total. The van der Waals surface area contributed by atoms with Gasteiger partial charge in [-0.3, -0.25) is 9.48 Å². The minimum Gasteiger partial charge on any atom is -0.336 e. The van der Waals surface area contributed by atoms with Crippen molar-refractivity contribution in [1.29, 1.82) is 0 Å². The van der Waals surface area contributed by atoms with E-state index in [4.69, 9.17) is 11.6 Å². The minimum atomic E-state index is -0.218. The van der Waals surface area contributed by atoms with E-state index in [1.54, 1.807) is 42.7 Å². The van der Waals surface area contributed by atoms with Crippen LogP contribution in [0.5, 0.6) is 0 Å². The number of rotatable bonds is 8. The molecule has 0 atom stereocenters. The highest BCUT2D eigenvalue weighted by molar-refractivity contribution is 6.31. The molecule has 0 aliphatic heterocycles. The van der Waals surface area contributed by atoms with Crippen molar-refractivity contribution in [3.63, 3.8) is 0 Å². The number of halogens is 1. The van der Waals surface area contributed by atoms with E-state index in [0.717, 1.165) is 30.9 Å². The third kappa shape index (κ3) is 4.74. The molecule has 0 bridgehead atoms. The number of likely N-dealkylation sites (N-methyl/N-ethyl adjacent to an activating group) is 1. The Balaban J connectivity index is 1.71. The van der Waals surface area contributed by atoms with Gasteiger partial charge in [-0.25, -0.2) is 15.0 Å². The van der Waals surface area contributed by atoms with Gasteiger partial charge in [0.25, 0.3) is 5.91 Å². The lowest BCUT2D eigenvalue weighted by molar-refractivity contribution is 0.0781. The zero-order valence-corrected chi connectivity index (χ0v) is 20.0. The van der Waals surface area contributed by atoms with Crippen molar-refractivity contribution in [3.8, 4) is 11.5 Å². The SMILES string of the molecule is CCn1ncc(CN(C)C(=O)c2nc(-c3cn(CCNC)cn3)nc3ccc(Cl)cc23)c1C. The lowest BCUT2D eigenvalue weighted by atomic mass is 10.1. The number of imidazole rings is 1. The highest BCUT2D eigenvalue weighted by atomic mass is 35.5. The van der Waals surface area contributed by atoms with E-state index >= 15 is 0 Å². The molecule has 0 aliphatic carbocycles. The molecule has 0 fully saturated rings. The highest BCUT2D eigenvalue weighted by Gasteiger charge is 2.21. The van der Waals surface area contributed by atoms with E-state index in [1.807, 2.05) is 36.3 Å². The quantitative estimate of drug-likeness (QED) is 0.428. The summed E-state index contributed by atoms with van der Waals surface area (Å²) in [5.74, 6) is 0.184. The van der Waals surface area contributed by atoms with Crippen molar-refractivity contribution < 1.29 is 4.79 Å². The van der Waals surface area contributed by atoms with Crippen molar-refractivity contribution in [2.75, 3.05) is 20.6 Å². The summed E-state index contributed by atoms with van der Waals surface area (Å²) in [6.07, 6.45) is 5.43. The molecule has 4 rings (SSSR count). The zero-order chi connectivity index (χ0) is 23.5. The van der Waals surface area contributed by atoms with Crippen LogP contribution in [0.25, 0.3) is 22.4 Å². The van der Waals surface area contributed by atoms with E-state index in [-0.39, 0.29) is 5.91 Å². The molecule has 0 aliphatic rings. The monoisotopic (exact) mass is 466 g/mol. The summed E-state index contributed by atoms with van der Waals surface area (Å²) >= 11 is 6.24. The number of fused-ring (bicyclic) bond motifs is 1. The third-order valence-corrected chi connectivity index (χ3v) is 5.84. The highest BCUT2D eigenvalue weighted by Crippen LogP contribution is 2.25. The van der Waals surface area contributed by atoms with Crippen molar-refractivity contribution in [2.45, 2.75) is 33.5 Å². The van der Waals surface area contributed by atoms with Gasteiger partial charge in [0.2, 0.25) is 0 Å². The molecular formula is C23H27ClN8O. The summed E-state index contributed by atoms with van der Waals surface area (Å²) in [6.45, 7) is 6.83. The molecule has 1 N–H and O–H groups in total. The largest absolute Gasteiger partial charge is 0.336 e. The number of aromatic nitrogens is 6. The Morgan fingerprint density at radius 1 is 1.27 bits per heavy atom. The predicted octanol–water partition coefficient (Wildman–Crippen LogP) is 3.16. The summed E-state index contributed by atoms with van der Waals surface area (Å²) < 4.78 is 3.87. The second kappa shape index (κ2) is 9.68. The van der Waals surface area contributed by atoms with Gasteiger partial charge in [-0.15, -0.1) is 0 Å². The van der Waals surface area contributed by atoms with Crippen LogP contribution in [0.15, 0.2) is 36.9 Å². The van der Waals surface area contributed by atoms with Gasteiger partial charge in [0.05, 0.1) is 18.0 Å². The first-order chi connectivity index (χ1) is 15.9. The standard InChI is InChI=1S/C23H27ClN8O/c1-5-32-15(2)16(11-27-32)12-30(4)23(33)21-18-10-17(24)6-7-19(18)28-22(29-21)20-13-31(14-26-20)9-8-25-3/h6-7,10-11,13-14,25H,5,8-9,12H2,1-4H3. The number of hydrogen-bond donors (Lipinski definition) is 1. The van der Waals surface area contributed by atoms with Crippen LogP contribution < -0.4 is 5.32 Å². The second-order valence-electron chi connectivity index (χ2n) is 7.89. The second-order valence-corrected chi connectivity index (χ2v) is 8.33. The lowest BCUT2D eigenvalue weighted by Crippen LogP contribution is -2.27. The fraction of sp³-hybridized carbons (Fsp3) is 0.348. The lowest BCUT2D eigenvalue weighted by Gasteiger charge is -2.18. The van der Waals surface area contributed by atoms with Crippen LogP contribution in [-0.4, -0.2) is 60.7 Å². The summed E-state index contributed by atoms with van der Waals surface area (Å²) in [4.78, 5) is 28.9. The Kier molecular flexibility index (Phi) is 6.71. The van der Waals surface area contributed by atoms with E-state index in [0.29, 0.717) is 39.7 Å². The smallest absolute Gasteiger partial charge is 0.273 e. The molecule has 172 valence electrons. The van der Waals surface area contributed by atoms with Crippen LogP contribution >= 0.6 is 11.6 Å². The fourth-order valence-electron chi connectivity index (χ4n) is 3.68. The summed E-state index contributed by atoms with van der Waals surface area (Å²) in [5, 5.41) is 8.62. The van der Waals surface area contributed by atoms with Gasteiger partial charge in [0.1, 0.15) is 11.4 Å². The van der Waals surface area contributed by atoms with Crippen molar-refractivity contribution in [1.82, 2.24) is 39.5 Å². The van der Waals surface area contributed by atoms with Crippen LogP contribution in [0.2, 0.25) is 5.02 Å².